The highest BCUT2D eigenvalue weighted by Crippen LogP contribution is 2.29. The molecule has 1 aromatic heterocycles. The molecular weight excluding hydrogens is 360 g/mol. The van der Waals surface area contributed by atoms with Gasteiger partial charge in [0, 0.05) is 11.1 Å². The Morgan fingerprint density at radius 3 is 2.54 bits per heavy atom. The van der Waals surface area contributed by atoms with E-state index in [1.807, 2.05) is 24.3 Å². The number of carbonyl (C=O) groups excluding carboxylic acids is 1. The Labute approximate surface area is 162 Å². The molecule has 0 fully saturated rings. The molecule has 28 heavy (non-hydrogen) atoms. The first-order valence-electron chi connectivity index (χ1n) is 8.40. The Morgan fingerprint density at radius 1 is 1.07 bits per heavy atom. The van der Waals surface area contributed by atoms with E-state index in [-0.39, 0.29) is 0 Å². The van der Waals surface area contributed by atoms with Crippen LogP contribution in [0.15, 0.2) is 53.6 Å². The second-order valence-corrected chi connectivity index (χ2v) is 5.68. The van der Waals surface area contributed by atoms with Crippen molar-refractivity contribution in [2.24, 2.45) is 5.10 Å². The molecule has 3 rings (SSSR count). The number of aromatic amines is 1. The van der Waals surface area contributed by atoms with Crippen LogP contribution in [0.2, 0.25) is 0 Å². The van der Waals surface area contributed by atoms with Gasteiger partial charge in [0.1, 0.15) is 11.4 Å². The zero-order valence-electron chi connectivity index (χ0n) is 15.7. The molecular formula is C20H20N4O4. The average Bonchev–Trinajstić information content (AvgIpc) is 3.24. The van der Waals surface area contributed by atoms with Crippen LogP contribution < -0.4 is 19.6 Å². The monoisotopic (exact) mass is 380 g/mol. The largest absolute Gasteiger partial charge is 0.497 e. The SMILES string of the molecule is COc1ccc(-c2cc(C(=O)N/N=C\c3cccc(OC)c3OC)[nH]n2)cc1. The molecule has 0 saturated carbocycles. The van der Waals surface area contributed by atoms with Gasteiger partial charge in [-0.2, -0.15) is 10.2 Å². The van der Waals surface area contributed by atoms with E-state index in [1.54, 1.807) is 45.6 Å². The maximum atomic E-state index is 12.3. The van der Waals surface area contributed by atoms with Crippen molar-refractivity contribution in [2.45, 2.75) is 0 Å². The van der Waals surface area contributed by atoms with Crippen molar-refractivity contribution in [3.05, 3.63) is 59.8 Å². The van der Waals surface area contributed by atoms with Crippen LogP contribution in [0.5, 0.6) is 17.2 Å². The fourth-order valence-electron chi connectivity index (χ4n) is 2.58. The summed E-state index contributed by atoms with van der Waals surface area (Å²) in [5.41, 5.74) is 4.93. The van der Waals surface area contributed by atoms with Crippen molar-refractivity contribution in [2.75, 3.05) is 21.3 Å². The Morgan fingerprint density at radius 2 is 1.86 bits per heavy atom. The molecule has 2 aromatic carbocycles. The number of nitrogens with zero attached hydrogens (tertiary/aromatic N) is 2. The lowest BCUT2D eigenvalue weighted by Gasteiger charge is -2.09. The summed E-state index contributed by atoms with van der Waals surface area (Å²) in [5.74, 6) is 1.45. The number of ether oxygens (including phenoxy) is 3. The summed E-state index contributed by atoms with van der Waals surface area (Å²) in [5, 5.41) is 10.9. The third kappa shape index (κ3) is 4.12. The zero-order valence-corrected chi connectivity index (χ0v) is 15.7. The highest BCUT2D eigenvalue weighted by molar-refractivity contribution is 5.94. The number of aromatic nitrogens is 2. The number of H-pyrrole nitrogens is 1. The highest BCUT2D eigenvalue weighted by Gasteiger charge is 2.11. The van der Waals surface area contributed by atoms with E-state index in [0.29, 0.717) is 28.5 Å². The van der Waals surface area contributed by atoms with Crippen molar-refractivity contribution in [3.63, 3.8) is 0 Å². The van der Waals surface area contributed by atoms with Crippen LogP contribution in [0.3, 0.4) is 0 Å². The van der Waals surface area contributed by atoms with E-state index in [9.17, 15) is 4.79 Å². The smallest absolute Gasteiger partial charge is 0.289 e. The summed E-state index contributed by atoms with van der Waals surface area (Å²) in [6.07, 6.45) is 1.49. The van der Waals surface area contributed by atoms with Crippen LogP contribution in [-0.2, 0) is 0 Å². The predicted molar refractivity (Wildman–Crippen MR) is 105 cm³/mol. The van der Waals surface area contributed by atoms with E-state index in [4.69, 9.17) is 14.2 Å². The summed E-state index contributed by atoms with van der Waals surface area (Å²) >= 11 is 0. The molecule has 1 amide bonds. The second kappa shape index (κ2) is 8.72. The van der Waals surface area contributed by atoms with Gasteiger partial charge in [-0.15, -0.1) is 0 Å². The fourth-order valence-corrected chi connectivity index (χ4v) is 2.58. The van der Waals surface area contributed by atoms with Crippen LogP contribution in [0.1, 0.15) is 16.1 Å². The van der Waals surface area contributed by atoms with Crippen molar-refractivity contribution in [1.82, 2.24) is 15.6 Å². The number of methoxy groups -OCH3 is 3. The molecule has 144 valence electrons. The minimum atomic E-state index is -0.412. The van der Waals surface area contributed by atoms with E-state index in [2.05, 4.69) is 20.7 Å². The molecule has 0 atom stereocenters. The van der Waals surface area contributed by atoms with Crippen LogP contribution >= 0.6 is 0 Å². The summed E-state index contributed by atoms with van der Waals surface area (Å²) < 4.78 is 15.7. The zero-order chi connectivity index (χ0) is 19.9. The molecule has 0 bridgehead atoms. The lowest BCUT2D eigenvalue weighted by Crippen LogP contribution is -2.18. The lowest BCUT2D eigenvalue weighted by molar-refractivity contribution is 0.0950. The average molecular weight is 380 g/mol. The van der Waals surface area contributed by atoms with Crippen LogP contribution in [-0.4, -0.2) is 43.6 Å². The van der Waals surface area contributed by atoms with Crippen molar-refractivity contribution < 1.29 is 19.0 Å². The first kappa shape index (κ1) is 19.0. The molecule has 0 aliphatic rings. The number of para-hydroxylation sites is 1. The van der Waals surface area contributed by atoms with Gasteiger partial charge in [0.05, 0.1) is 33.2 Å². The quantitative estimate of drug-likeness (QED) is 0.485. The number of amides is 1. The molecule has 0 radical (unpaired) electrons. The van der Waals surface area contributed by atoms with Gasteiger partial charge in [-0.05, 0) is 42.5 Å². The van der Waals surface area contributed by atoms with Gasteiger partial charge < -0.3 is 14.2 Å². The number of hydrogen-bond donors (Lipinski definition) is 2. The van der Waals surface area contributed by atoms with E-state index < -0.39 is 5.91 Å². The van der Waals surface area contributed by atoms with Crippen molar-refractivity contribution >= 4 is 12.1 Å². The minimum absolute atomic E-state index is 0.292. The maximum absolute atomic E-state index is 12.3. The number of hydrogen-bond acceptors (Lipinski definition) is 6. The molecule has 0 saturated heterocycles. The van der Waals surface area contributed by atoms with Crippen molar-refractivity contribution in [3.8, 4) is 28.5 Å². The molecule has 0 aliphatic heterocycles. The second-order valence-electron chi connectivity index (χ2n) is 5.68. The molecule has 8 heteroatoms. The first-order valence-corrected chi connectivity index (χ1v) is 8.40. The normalized spacial score (nSPS) is 10.7. The number of rotatable bonds is 7. The standard InChI is InChI=1S/C20H20N4O4/c1-26-15-9-7-13(8-10-15)16-11-17(23-22-16)20(25)24-21-12-14-5-4-6-18(27-2)19(14)28-3/h4-12H,1-3H3,(H,22,23)(H,24,25)/b21-12-. The molecule has 1 heterocycles. The molecule has 2 N–H and O–H groups in total. The van der Waals surface area contributed by atoms with Gasteiger partial charge in [0.25, 0.3) is 5.91 Å². The van der Waals surface area contributed by atoms with Gasteiger partial charge in [-0.1, -0.05) is 6.07 Å². The topological polar surface area (TPSA) is 97.8 Å². The summed E-state index contributed by atoms with van der Waals surface area (Å²) in [7, 11) is 4.70. The van der Waals surface area contributed by atoms with Gasteiger partial charge in [-0.3, -0.25) is 9.89 Å². The lowest BCUT2D eigenvalue weighted by atomic mass is 10.1. The fraction of sp³-hybridized carbons (Fsp3) is 0.150. The Kier molecular flexibility index (Phi) is 5.91. The summed E-state index contributed by atoms with van der Waals surface area (Å²) in [6, 6.07) is 14.4. The summed E-state index contributed by atoms with van der Waals surface area (Å²) in [4.78, 5) is 12.3. The third-order valence-electron chi connectivity index (χ3n) is 4.01. The summed E-state index contributed by atoms with van der Waals surface area (Å²) in [6.45, 7) is 0. The molecule has 3 aromatic rings. The van der Waals surface area contributed by atoms with Crippen LogP contribution in [0.25, 0.3) is 11.3 Å². The number of benzene rings is 2. The molecule has 0 aliphatic carbocycles. The van der Waals surface area contributed by atoms with Gasteiger partial charge in [0.2, 0.25) is 0 Å². The predicted octanol–water partition coefficient (Wildman–Crippen LogP) is 2.87. The van der Waals surface area contributed by atoms with Crippen molar-refractivity contribution in [1.29, 1.82) is 0 Å². The van der Waals surface area contributed by atoms with E-state index >= 15 is 0 Å². The Balaban J connectivity index is 1.69. The molecule has 0 unspecified atom stereocenters. The molecule has 8 nitrogen and oxygen atoms in total. The van der Waals surface area contributed by atoms with Gasteiger partial charge in [-0.25, -0.2) is 5.43 Å². The van der Waals surface area contributed by atoms with Gasteiger partial charge in [0.15, 0.2) is 11.5 Å². The first-order chi connectivity index (χ1) is 13.7. The Hall–Kier alpha value is -3.81. The number of carbonyl (C=O) groups is 1. The molecule has 0 spiro atoms. The third-order valence-corrected chi connectivity index (χ3v) is 4.01. The number of hydrazone groups is 1. The maximum Gasteiger partial charge on any atom is 0.289 e. The minimum Gasteiger partial charge on any atom is -0.497 e. The number of nitrogens with one attached hydrogen (secondary N) is 2. The van der Waals surface area contributed by atoms with Crippen LogP contribution in [0.4, 0.5) is 0 Å². The van der Waals surface area contributed by atoms with E-state index in [0.717, 1.165) is 11.3 Å². The van der Waals surface area contributed by atoms with Crippen LogP contribution in [0, 0.1) is 0 Å². The highest BCUT2D eigenvalue weighted by atomic mass is 16.5. The van der Waals surface area contributed by atoms with Gasteiger partial charge >= 0.3 is 0 Å². The van der Waals surface area contributed by atoms with E-state index in [1.165, 1.54) is 6.21 Å². The Bertz CT molecular complexity index is 980.